The van der Waals surface area contributed by atoms with Gasteiger partial charge in [0.05, 0.1) is 19.1 Å². The average Bonchev–Trinajstić information content (AvgIpc) is 3.09. The molecule has 4 rings (SSSR count). The predicted molar refractivity (Wildman–Crippen MR) is 111 cm³/mol. The molecule has 2 aromatic carbocycles. The van der Waals surface area contributed by atoms with Crippen molar-refractivity contribution in [1.82, 2.24) is 5.32 Å². The summed E-state index contributed by atoms with van der Waals surface area (Å²) in [5, 5.41) is 12.7. The molecule has 0 aliphatic carbocycles. The molecule has 2 N–H and O–H groups in total. The number of halogens is 1. The van der Waals surface area contributed by atoms with Gasteiger partial charge in [0.2, 0.25) is 5.91 Å². The Bertz CT molecular complexity index is 920. The van der Waals surface area contributed by atoms with Crippen molar-refractivity contribution in [1.29, 1.82) is 0 Å². The summed E-state index contributed by atoms with van der Waals surface area (Å²) >= 11 is 0. The topological polar surface area (TPSA) is 71.0 Å². The smallest absolute Gasteiger partial charge is 0.222 e. The van der Waals surface area contributed by atoms with E-state index in [4.69, 9.17) is 9.47 Å². The predicted octanol–water partition coefficient (Wildman–Crippen LogP) is 2.59. The number of fused-ring (bicyclic) bond motifs is 3. The Morgan fingerprint density at radius 3 is 2.83 bits per heavy atom. The first-order chi connectivity index (χ1) is 14.4. The lowest BCUT2D eigenvalue weighted by atomic mass is 9.84. The zero-order valence-electron chi connectivity index (χ0n) is 17.2. The molecule has 2 aromatic rings. The number of hydrogen-bond acceptors (Lipinski definition) is 5. The fourth-order valence-electron chi connectivity index (χ4n) is 4.28. The molecule has 0 saturated carbocycles. The summed E-state index contributed by atoms with van der Waals surface area (Å²) in [4.78, 5) is 14.5. The highest BCUT2D eigenvalue weighted by Crippen LogP contribution is 2.47. The number of ether oxygens (including phenoxy) is 2. The number of anilines is 1. The first-order valence-corrected chi connectivity index (χ1v) is 10.2. The van der Waals surface area contributed by atoms with E-state index < -0.39 is 6.10 Å². The Labute approximate surface area is 175 Å². The molecule has 7 heteroatoms. The van der Waals surface area contributed by atoms with Gasteiger partial charge in [0.25, 0.3) is 0 Å². The highest BCUT2D eigenvalue weighted by Gasteiger charge is 2.46. The largest absolute Gasteiger partial charge is 0.487 e. The van der Waals surface area contributed by atoms with E-state index >= 15 is 0 Å². The van der Waals surface area contributed by atoms with Crippen LogP contribution in [0.5, 0.6) is 5.75 Å². The van der Waals surface area contributed by atoms with Gasteiger partial charge < -0.3 is 24.8 Å². The second-order valence-electron chi connectivity index (χ2n) is 8.13. The third-order valence-electron chi connectivity index (χ3n) is 5.79. The summed E-state index contributed by atoms with van der Waals surface area (Å²) in [6.45, 7) is 0.0913. The van der Waals surface area contributed by atoms with Gasteiger partial charge in [0, 0.05) is 37.8 Å². The van der Waals surface area contributed by atoms with Gasteiger partial charge in [-0.3, -0.25) is 4.79 Å². The minimum absolute atomic E-state index is 0.0619. The van der Waals surface area contributed by atoms with Crippen LogP contribution < -0.4 is 15.0 Å². The number of carbonyl (C=O) groups is 1. The lowest BCUT2D eigenvalue weighted by Gasteiger charge is -2.37. The maximum Gasteiger partial charge on any atom is 0.222 e. The number of amides is 1. The molecule has 0 spiro atoms. The summed E-state index contributed by atoms with van der Waals surface area (Å²) in [7, 11) is 3.97. The van der Waals surface area contributed by atoms with Gasteiger partial charge in [-0.15, -0.1) is 0 Å². The lowest BCUT2D eigenvalue weighted by molar-refractivity contribution is -0.142. The summed E-state index contributed by atoms with van der Waals surface area (Å²) in [6.07, 6.45) is -0.252. The summed E-state index contributed by atoms with van der Waals surface area (Å²) in [5.41, 5.74) is 2.88. The average molecular weight is 414 g/mol. The number of benzene rings is 2. The minimum Gasteiger partial charge on any atom is -0.487 e. The van der Waals surface area contributed by atoms with Gasteiger partial charge in [-0.25, -0.2) is 4.39 Å². The SMILES string of the molecule is CN(C)c1ccc2c(c1)[C@H]1C[C@@H](CC(=O)NCc3cccc(F)c3)O[C@@H](CO)[C@H]1O2. The summed E-state index contributed by atoms with van der Waals surface area (Å²) in [5.74, 6) is 0.382. The van der Waals surface area contributed by atoms with Crippen molar-refractivity contribution in [2.75, 3.05) is 25.6 Å². The molecule has 0 bridgehead atoms. The molecule has 1 amide bonds. The van der Waals surface area contributed by atoms with Gasteiger partial charge in [-0.1, -0.05) is 12.1 Å². The third kappa shape index (κ3) is 4.27. The first kappa shape index (κ1) is 20.6. The van der Waals surface area contributed by atoms with Crippen LogP contribution >= 0.6 is 0 Å². The van der Waals surface area contributed by atoms with E-state index in [1.165, 1.54) is 12.1 Å². The normalized spacial score (nSPS) is 24.5. The van der Waals surface area contributed by atoms with Crippen molar-refractivity contribution in [2.45, 2.75) is 43.6 Å². The molecule has 2 aliphatic heterocycles. The van der Waals surface area contributed by atoms with E-state index in [-0.39, 0.29) is 49.4 Å². The van der Waals surface area contributed by atoms with Crippen LogP contribution in [-0.2, 0) is 16.1 Å². The number of hydrogen-bond donors (Lipinski definition) is 2. The molecule has 30 heavy (non-hydrogen) atoms. The first-order valence-electron chi connectivity index (χ1n) is 10.2. The standard InChI is InChI=1S/C23H27FN2O4/c1-26(2)16-6-7-20-18(9-16)19-10-17(29-21(13-27)23(19)30-20)11-22(28)25-12-14-4-3-5-15(24)8-14/h3-9,17,19,21,23,27H,10-13H2,1-2H3,(H,25,28)/t17-,19+,21-,23-/m0/s1. The third-order valence-corrected chi connectivity index (χ3v) is 5.79. The number of nitrogens with one attached hydrogen (secondary N) is 1. The van der Waals surface area contributed by atoms with Crippen LogP contribution in [0, 0.1) is 5.82 Å². The molecule has 0 radical (unpaired) electrons. The number of rotatable bonds is 6. The van der Waals surface area contributed by atoms with E-state index in [0.29, 0.717) is 12.0 Å². The van der Waals surface area contributed by atoms with Gasteiger partial charge in [0.15, 0.2) is 0 Å². The molecule has 2 heterocycles. The quantitative estimate of drug-likeness (QED) is 0.760. The van der Waals surface area contributed by atoms with Crippen LogP contribution in [0.2, 0.25) is 0 Å². The van der Waals surface area contributed by atoms with Gasteiger partial charge >= 0.3 is 0 Å². The van der Waals surface area contributed by atoms with Crippen molar-refractivity contribution >= 4 is 11.6 Å². The second-order valence-corrected chi connectivity index (χ2v) is 8.13. The molecule has 1 saturated heterocycles. The van der Waals surface area contributed by atoms with Gasteiger partial charge in [-0.2, -0.15) is 0 Å². The summed E-state index contributed by atoms with van der Waals surface area (Å²) < 4.78 is 25.4. The van der Waals surface area contributed by atoms with Crippen molar-refractivity contribution < 1.29 is 23.8 Å². The fourth-order valence-corrected chi connectivity index (χ4v) is 4.28. The van der Waals surface area contributed by atoms with Crippen molar-refractivity contribution in [3.63, 3.8) is 0 Å². The molecule has 2 aliphatic rings. The minimum atomic E-state index is -0.486. The van der Waals surface area contributed by atoms with E-state index in [2.05, 4.69) is 11.4 Å². The van der Waals surface area contributed by atoms with Crippen LogP contribution in [-0.4, -0.2) is 50.0 Å². The molecule has 6 nitrogen and oxygen atoms in total. The Kier molecular flexibility index (Phi) is 5.92. The molecule has 1 fully saturated rings. The molecule has 0 unspecified atom stereocenters. The van der Waals surface area contributed by atoms with Crippen molar-refractivity contribution in [2.24, 2.45) is 0 Å². The maximum atomic E-state index is 13.3. The van der Waals surface area contributed by atoms with E-state index in [0.717, 1.165) is 17.0 Å². The van der Waals surface area contributed by atoms with E-state index in [1.54, 1.807) is 12.1 Å². The van der Waals surface area contributed by atoms with Crippen molar-refractivity contribution in [3.05, 3.63) is 59.4 Å². The highest BCUT2D eigenvalue weighted by molar-refractivity contribution is 5.76. The Balaban J connectivity index is 1.43. The number of carbonyl (C=O) groups excluding carboxylic acids is 1. The Hall–Kier alpha value is -2.64. The van der Waals surface area contributed by atoms with Gasteiger partial charge in [0.1, 0.15) is 23.8 Å². The fraction of sp³-hybridized carbons (Fsp3) is 0.435. The molecular formula is C23H27FN2O4. The number of aliphatic hydroxyl groups is 1. The molecular weight excluding hydrogens is 387 g/mol. The summed E-state index contributed by atoms with van der Waals surface area (Å²) in [6, 6.07) is 12.2. The van der Waals surface area contributed by atoms with Crippen LogP contribution in [0.4, 0.5) is 10.1 Å². The monoisotopic (exact) mass is 414 g/mol. The van der Waals surface area contributed by atoms with Gasteiger partial charge in [-0.05, 0) is 42.3 Å². The highest BCUT2D eigenvalue weighted by atomic mass is 19.1. The number of nitrogens with zero attached hydrogens (tertiary/aromatic N) is 1. The molecule has 0 aromatic heterocycles. The van der Waals surface area contributed by atoms with Crippen LogP contribution in [0.15, 0.2) is 42.5 Å². The Morgan fingerprint density at radius 2 is 2.10 bits per heavy atom. The zero-order chi connectivity index (χ0) is 21.3. The van der Waals surface area contributed by atoms with Crippen LogP contribution in [0.3, 0.4) is 0 Å². The maximum absolute atomic E-state index is 13.3. The number of aliphatic hydroxyl groups excluding tert-OH is 1. The van der Waals surface area contributed by atoms with Crippen LogP contribution in [0.25, 0.3) is 0 Å². The van der Waals surface area contributed by atoms with E-state index in [1.807, 2.05) is 31.1 Å². The lowest BCUT2D eigenvalue weighted by Crippen LogP contribution is -2.47. The molecule has 4 atom stereocenters. The Morgan fingerprint density at radius 1 is 1.27 bits per heavy atom. The second kappa shape index (κ2) is 8.62. The van der Waals surface area contributed by atoms with Crippen LogP contribution in [0.1, 0.15) is 29.9 Å². The van der Waals surface area contributed by atoms with E-state index in [9.17, 15) is 14.3 Å². The van der Waals surface area contributed by atoms with Crippen molar-refractivity contribution in [3.8, 4) is 5.75 Å². The zero-order valence-corrected chi connectivity index (χ0v) is 17.2. The molecule has 160 valence electrons.